The molecule has 1 aliphatic carbocycles. The lowest BCUT2D eigenvalue weighted by Gasteiger charge is -2.26. The van der Waals surface area contributed by atoms with Crippen LogP contribution < -0.4 is 5.32 Å². The van der Waals surface area contributed by atoms with Crippen molar-refractivity contribution in [1.82, 2.24) is 5.32 Å². The van der Waals surface area contributed by atoms with Gasteiger partial charge >= 0.3 is 11.9 Å². The zero-order valence-corrected chi connectivity index (χ0v) is 12.7. The number of carbonyl (C=O) groups is 2. The van der Waals surface area contributed by atoms with Crippen LogP contribution in [0.15, 0.2) is 30.3 Å². The normalized spacial score (nSPS) is 21.3. The molecule has 1 aromatic carbocycles. The fourth-order valence-electron chi connectivity index (χ4n) is 2.78. The molecule has 5 heteroatoms. The van der Waals surface area contributed by atoms with E-state index in [4.69, 9.17) is 9.84 Å². The van der Waals surface area contributed by atoms with Crippen LogP contribution in [-0.4, -0.2) is 30.1 Å². The smallest absolute Gasteiger partial charge is 0.320 e. The van der Waals surface area contributed by atoms with Gasteiger partial charge in [-0.15, -0.1) is 0 Å². The second kappa shape index (κ2) is 8.54. The predicted molar refractivity (Wildman–Crippen MR) is 82.2 cm³/mol. The van der Waals surface area contributed by atoms with Gasteiger partial charge in [-0.3, -0.25) is 9.59 Å². The summed E-state index contributed by atoms with van der Waals surface area (Å²) >= 11 is 0. The van der Waals surface area contributed by atoms with Gasteiger partial charge in [-0.2, -0.15) is 0 Å². The van der Waals surface area contributed by atoms with Gasteiger partial charge in [0, 0.05) is 0 Å². The van der Waals surface area contributed by atoms with E-state index in [-0.39, 0.29) is 18.4 Å². The number of rotatable bonds is 7. The molecule has 0 bridgehead atoms. The Morgan fingerprint density at radius 3 is 2.45 bits per heavy atom. The van der Waals surface area contributed by atoms with Crippen LogP contribution in [0.4, 0.5) is 0 Å². The van der Waals surface area contributed by atoms with Crippen LogP contribution in [0.5, 0.6) is 0 Å². The number of hydrogen-bond donors (Lipinski definition) is 2. The van der Waals surface area contributed by atoms with Gasteiger partial charge in [-0.1, -0.05) is 30.3 Å². The summed E-state index contributed by atoms with van der Waals surface area (Å²) in [6.45, 7) is 1.24. The van der Waals surface area contributed by atoms with Crippen LogP contribution in [0.3, 0.4) is 0 Å². The molecule has 1 aromatic rings. The van der Waals surface area contributed by atoms with Gasteiger partial charge in [0.15, 0.2) is 0 Å². The number of esters is 1. The highest BCUT2D eigenvalue weighted by atomic mass is 16.5. The second-order valence-electron chi connectivity index (χ2n) is 5.83. The van der Waals surface area contributed by atoms with Crippen molar-refractivity contribution < 1.29 is 19.4 Å². The molecule has 0 heterocycles. The van der Waals surface area contributed by atoms with Crippen molar-refractivity contribution in [3.63, 3.8) is 0 Å². The van der Waals surface area contributed by atoms with Crippen molar-refractivity contribution >= 4 is 11.9 Å². The van der Waals surface area contributed by atoms with Gasteiger partial charge in [-0.25, -0.2) is 0 Å². The molecule has 1 aliphatic rings. The highest BCUT2D eigenvalue weighted by molar-refractivity contribution is 5.71. The summed E-state index contributed by atoms with van der Waals surface area (Å²) in [5, 5.41) is 12.1. The average molecular weight is 305 g/mol. The van der Waals surface area contributed by atoms with Gasteiger partial charge in [0.25, 0.3) is 0 Å². The van der Waals surface area contributed by atoms with E-state index >= 15 is 0 Å². The number of carboxylic acids is 1. The standard InChI is InChI=1S/C17H23NO4/c19-16(22-12-14-4-2-1-3-5-14)11-18-10-13-6-8-15(9-7-13)17(20)21/h1-5,13,15,18H,6-12H2,(H,20,21)/t13-,15-. The van der Waals surface area contributed by atoms with E-state index in [0.717, 1.165) is 37.8 Å². The van der Waals surface area contributed by atoms with Crippen LogP contribution in [0.25, 0.3) is 0 Å². The molecule has 0 aromatic heterocycles. The Labute approximate surface area is 130 Å². The van der Waals surface area contributed by atoms with E-state index < -0.39 is 5.97 Å². The van der Waals surface area contributed by atoms with E-state index in [9.17, 15) is 9.59 Å². The van der Waals surface area contributed by atoms with Gasteiger partial charge in [0.05, 0.1) is 12.5 Å². The van der Waals surface area contributed by atoms with Crippen molar-refractivity contribution in [2.24, 2.45) is 11.8 Å². The van der Waals surface area contributed by atoms with Crippen LogP contribution in [0.1, 0.15) is 31.2 Å². The van der Waals surface area contributed by atoms with Crippen molar-refractivity contribution in [3.05, 3.63) is 35.9 Å². The number of ether oxygens (including phenoxy) is 1. The largest absolute Gasteiger partial charge is 0.481 e. The molecule has 2 rings (SSSR count). The Hall–Kier alpha value is -1.88. The van der Waals surface area contributed by atoms with Crippen molar-refractivity contribution in [2.45, 2.75) is 32.3 Å². The van der Waals surface area contributed by atoms with Gasteiger partial charge < -0.3 is 15.2 Å². The van der Waals surface area contributed by atoms with Crippen molar-refractivity contribution in [2.75, 3.05) is 13.1 Å². The first kappa shape index (κ1) is 16.5. The lowest BCUT2D eigenvalue weighted by molar-refractivity contribution is -0.144. The maximum atomic E-state index is 11.6. The molecule has 0 radical (unpaired) electrons. The number of hydrogen-bond acceptors (Lipinski definition) is 4. The summed E-state index contributed by atoms with van der Waals surface area (Å²) in [7, 11) is 0. The molecule has 0 aliphatic heterocycles. The van der Waals surface area contributed by atoms with E-state index in [1.165, 1.54) is 0 Å². The second-order valence-corrected chi connectivity index (χ2v) is 5.83. The molecule has 0 atom stereocenters. The van der Waals surface area contributed by atoms with Gasteiger partial charge in [0.1, 0.15) is 6.61 Å². The first-order chi connectivity index (χ1) is 10.6. The molecular weight excluding hydrogens is 282 g/mol. The van der Waals surface area contributed by atoms with Crippen LogP contribution in [0.2, 0.25) is 0 Å². The molecule has 0 spiro atoms. The Bertz CT molecular complexity index is 481. The molecule has 22 heavy (non-hydrogen) atoms. The Morgan fingerprint density at radius 1 is 1.14 bits per heavy atom. The van der Waals surface area contributed by atoms with Crippen molar-refractivity contribution in [3.8, 4) is 0 Å². The Kier molecular flexibility index (Phi) is 6.40. The van der Waals surface area contributed by atoms with Crippen LogP contribution in [-0.2, 0) is 20.9 Å². The summed E-state index contributed by atoms with van der Waals surface area (Å²) in [6, 6.07) is 9.58. The molecular formula is C17H23NO4. The minimum Gasteiger partial charge on any atom is -0.481 e. The van der Waals surface area contributed by atoms with Crippen LogP contribution in [0, 0.1) is 11.8 Å². The molecule has 5 nitrogen and oxygen atoms in total. The highest BCUT2D eigenvalue weighted by Gasteiger charge is 2.25. The minimum atomic E-state index is -0.684. The third-order valence-corrected chi connectivity index (χ3v) is 4.14. The molecule has 2 N–H and O–H groups in total. The highest BCUT2D eigenvalue weighted by Crippen LogP contribution is 2.28. The minimum absolute atomic E-state index is 0.188. The summed E-state index contributed by atoms with van der Waals surface area (Å²) in [4.78, 5) is 22.5. The third kappa shape index (κ3) is 5.48. The van der Waals surface area contributed by atoms with Crippen molar-refractivity contribution in [1.29, 1.82) is 0 Å². The fraction of sp³-hybridized carbons (Fsp3) is 0.529. The summed E-state index contributed by atoms with van der Waals surface area (Å²) < 4.78 is 5.19. The lowest BCUT2D eigenvalue weighted by atomic mass is 9.82. The quantitative estimate of drug-likeness (QED) is 0.755. The molecule has 120 valence electrons. The molecule has 0 saturated heterocycles. The Morgan fingerprint density at radius 2 is 1.82 bits per heavy atom. The maximum absolute atomic E-state index is 11.6. The van der Waals surface area contributed by atoms with E-state index in [1.807, 2.05) is 30.3 Å². The summed E-state index contributed by atoms with van der Waals surface area (Å²) in [5.74, 6) is -0.677. The SMILES string of the molecule is O=C(CNC[C@H]1CC[C@H](C(=O)O)CC1)OCc1ccccc1. The van der Waals surface area contributed by atoms with Gasteiger partial charge in [-0.05, 0) is 43.7 Å². The number of benzene rings is 1. The Balaban J connectivity index is 1.57. The molecule has 1 fully saturated rings. The number of aliphatic carboxylic acids is 1. The summed E-state index contributed by atoms with van der Waals surface area (Å²) in [6.07, 6.45) is 3.28. The maximum Gasteiger partial charge on any atom is 0.320 e. The number of nitrogens with one attached hydrogen (secondary N) is 1. The molecule has 0 amide bonds. The first-order valence-corrected chi connectivity index (χ1v) is 7.78. The fourth-order valence-corrected chi connectivity index (χ4v) is 2.78. The predicted octanol–water partition coefficient (Wildman–Crippen LogP) is 2.21. The monoisotopic (exact) mass is 305 g/mol. The first-order valence-electron chi connectivity index (χ1n) is 7.78. The summed E-state index contributed by atoms with van der Waals surface area (Å²) in [5.41, 5.74) is 0.975. The van der Waals surface area contributed by atoms with E-state index in [1.54, 1.807) is 0 Å². The third-order valence-electron chi connectivity index (χ3n) is 4.14. The van der Waals surface area contributed by atoms with Gasteiger partial charge in [0.2, 0.25) is 0 Å². The van der Waals surface area contributed by atoms with Crippen LogP contribution >= 0.6 is 0 Å². The molecule has 0 unspecified atom stereocenters. The van der Waals surface area contributed by atoms with E-state index in [0.29, 0.717) is 12.5 Å². The average Bonchev–Trinajstić information content (AvgIpc) is 2.54. The number of carboxylic acid groups (broad SMARTS) is 1. The lowest BCUT2D eigenvalue weighted by Crippen LogP contribution is -2.32. The zero-order valence-electron chi connectivity index (χ0n) is 12.7. The zero-order chi connectivity index (χ0) is 15.8. The van der Waals surface area contributed by atoms with E-state index in [2.05, 4.69) is 5.32 Å². The topological polar surface area (TPSA) is 75.6 Å². The number of carbonyl (C=O) groups excluding carboxylic acids is 1. The molecule has 1 saturated carbocycles.